The molecule has 2 N–H and O–H groups in total. The number of aryl methyl sites for hydroxylation is 1. The summed E-state index contributed by atoms with van der Waals surface area (Å²) in [4.78, 5) is 16.5. The van der Waals surface area contributed by atoms with Crippen LogP contribution in [0.5, 0.6) is 5.75 Å². The zero-order chi connectivity index (χ0) is 17.9. The molecule has 0 bridgehead atoms. The molecule has 8 heteroatoms. The minimum atomic E-state index is -0.132. The fraction of sp³-hybridized carbons (Fsp3) is 0.389. The minimum absolute atomic E-state index is 0.0469. The second-order valence-electron chi connectivity index (χ2n) is 6.25. The maximum Gasteiger partial charge on any atom is 0.248 e. The van der Waals surface area contributed by atoms with E-state index in [1.165, 1.54) is 0 Å². The first-order valence-corrected chi connectivity index (χ1v) is 8.70. The molecule has 1 unspecified atom stereocenters. The van der Waals surface area contributed by atoms with Crippen LogP contribution in [0.3, 0.4) is 0 Å². The SMILES string of the molecule is COc1cccc2c1ccn2CCC(=O)Nc1n[nH]c(C2CCCO2)n1. The van der Waals surface area contributed by atoms with Gasteiger partial charge in [0.15, 0.2) is 5.82 Å². The maximum atomic E-state index is 12.2. The highest BCUT2D eigenvalue weighted by Gasteiger charge is 2.21. The first kappa shape index (κ1) is 16.6. The van der Waals surface area contributed by atoms with Crippen molar-refractivity contribution in [1.82, 2.24) is 19.7 Å². The molecule has 1 aliphatic rings. The molecule has 1 amide bonds. The van der Waals surface area contributed by atoms with Crippen molar-refractivity contribution >= 4 is 22.8 Å². The number of benzene rings is 1. The third kappa shape index (κ3) is 3.28. The molecule has 26 heavy (non-hydrogen) atoms. The molecule has 2 aromatic heterocycles. The van der Waals surface area contributed by atoms with Gasteiger partial charge in [0.1, 0.15) is 11.9 Å². The summed E-state index contributed by atoms with van der Waals surface area (Å²) in [6, 6.07) is 7.88. The van der Waals surface area contributed by atoms with Crippen molar-refractivity contribution in [1.29, 1.82) is 0 Å². The Labute approximate surface area is 150 Å². The second-order valence-corrected chi connectivity index (χ2v) is 6.25. The van der Waals surface area contributed by atoms with E-state index in [9.17, 15) is 4.79 Å². The molecule has 136 valence electrons. The Hall–Kier alpha value is -2.87. The van der Waals surface area contributed by atoms with Gasteiger partial charge in [-0.15, -0.1) is 5.10 Å². The molecule has 0 saturated carbocycles. The molecule has 3 heterocycles. The lowest BCUT2D eigenvalue weighted by atomic mass is 10.2. The van der Waals surface area contributed by atoms with Crippen LogP contribution in [-0.4, -0.2) is 39.4 Å². The van der Waals surface area contributed by atoms with Crippen LogP contribution in [0.25, 0.3) is 10.9 Å². The van der Waals surface area contributed by atoms with E-state index >= 15 is 0 Å². The summed E-state index contributed by atoms with van der Waals surface area (Å²) >= 11 is 0. The predicted octanol–water partition coefficient (Wildman–Crippen LogP) is 2.65. The number of carbonyl (C=O) groups excluding carboxylic acids is 1. The number of hydrogen-bond acceptors (Lipinski definition) is 5. The number of aromatic nitrogens is 4. The van der Waals surface area contributed by atoms with Crippen molar-refractivity contribution in [2.45, 2.75) is 31.9 Å². The van der Waals surface area contributed by atoms with E-state index in [1.54, 1.807) is 7.11 Å². The summed E-state index contributed by atoms with van der Waals surface area (Å²) < 4.78 is 13.0. The van der Waals surface area contributed by atoms with E-state index in [4.69, 9.17) is 9.47 Å². The number of ether oxygens (including phenoxy) is 2. The summed E-state index contributed by atoms with van der Waals surface area (Å²) in [6.07, 6.45) is 4.18. The van der Waals surface area contributed by atoms with Crippen LogP contribution in [0.4, 0.5) is 5.95 Å². The highest BCUT2D eigenvalue weighted by Crippen LogP contribution is 2.27. The van der Waals surface area contributed by atoms with Crippen LogP contribution in [-0.2, 0) is 16.1 Å². The fourth-order valence-electron chi connectivity index (χ4n) is 3.24. The van der Waals surface area contributed by atoms with Gasteiger partial charge in [0.2, 0.25) is 11.9 Å². The molecular weight excluding hydrogens is 334 g/mol. The first-order valence-electron chi connectivity index (χ1n) is 8.70. The largest absolute Gasteiger partial charge is 0.496 e. The Kier molecular flexibility index (Phi) is 4.57. The summed E-state index contributed by atoms with van der Waals surface area (Å²) in [5.41, 5.74) is 1.04. The van der Waals surface area contributed by atoms with E-state index in [1.807, 2.05) is 35.0 Å². The topological polar surface area (TPSA) is 94.1 Å². The van der Waals surface area contributed by atoms with Gasteiger partial charge >= 0.3 is 0 Å². The Morgan fingerprint density at radius 1 is 1.46 bits per heavy atom. The molecule has 0 radical (unpaired) electrons. The second kappa shape index (κ2) is 7.17. The number of aromatic amines is 1. The van der Waals surface area contributed by atoms with Crippen molar-refractivity contribution in [3.05, 3.63) is 36.3 Å². The summed E-state index contributed by atoms with van der Waals surface area (Å²) in [6.45, 7) is 1.30. The highest BCUT2D eigenvalue weighted by molar-refractivity contribution is 5.89. The standard InChI is InChI=1S/C18H21N5O3/c1-25-14-5-2-4-13-12(14)7-9-23(13)10-8-16(24)19-18-20-17(21-22-18)15-6-3-11-26-15/h2,4-5,7,9,15H,3,6,8,10-11H2,1H3,(H2,19,20,21,22,24). The average molecular weight is 355 g/mol. The molecule has 4 rings (SSSR count). The van der Waals surface area contributed by atoms with E-state index in [0.29, 0.717) is 24.7 Å². The van der Waals surface area contributed by atoms with Gasteiger partial charge in [0, 0.05) is 31.2 Å². The number of hydrogen-bond donors (Lipinski definition) is 2. The van der Waals surface area contributed by atoms with E-state index < -0.39 is 0 Å². The average Bonchev–Trinajstić information content (AvgIpc) is 3.39. The zero-order valence-electron chi connectivity index (χ0n) is 14.6. The zero-order valence-corrected chi connectivity index (χ0v) is 14.6. The van der Waals surface area contributed by atoms with E-state index in [-0.39, 0.29) is 12.0 Å². The highest BCUT2D eigenvalue weighted by atomic mass is 16.5. The van der Waals surface area contributed by atoms with Crippen molar-refractivity contribution in [2.75, 3.05) is 19.0 Å². The van der Waals surface area contributed by atoms with Gasteiger partial charge in [-0.05, 0) is 31.0 Å². The number of amides is 1. The molecular formula is C18H21N5O3. The van der Waals surface area contributed by atoms with E-state index in [0.717, 1.165) is 36.1 Å². The van der Waals surface area contributed by atoms with Gasteiger partial charge in [0.25, 0.3) is 0 Å². The van der Waals surface area contributed by atoms with Crippen LogP contribution in [0.1, 0.15) is 31.2 Å². The fourth-order valence-corrected chi connectivity index (χ4v) is 3.24. The summed E-state index contributed by atoms with van der Waals surface area (Å²) in [7, 11) is 1.65. The van der Waals surface area contributed by atoms with Gasteiger partial charge in [-0.3, -0.25) is 15.2 Å². The van der Waals surface area contributed by atoms with Gasteiger partial charge in [-0.1, -0.05) is 6.07 Å². The molecule has 1 aliphatic heterocycles. The molecule has 1 fully saturated rings. The number of H-pyrrole nitrogens is 1. The van der Waals surface area contributed by atoms with E-state index in [2.05, 4.69) is 20.5 Å². The summed E-state index contributed by atoms with van der Waals surface area (Å²) in [5, 5.41) is 10.7. The lowest BCUT2D eigenvalue weighted by Crippen LogP contribution is -2.15. The van der Waals surface area contributed by atoms with Crippen molar-refractivity contribution < 1.29 is 14.3 Å². The predicted molar refractivity (Wildman–Crippen MR) is 96.0 cm³/mol. The van der Waals surface area contributed by atoms with Gasteiger partial charge in [-0.2, -0.15) is 4.98 Å². The third-order valence-corrected chi connectivity index (χ3v) is 4.56. The lowest BCUT2D eigenvalue weighted by molar-refractivity contribution is -0.116. The normalized spacial score (nSPS) is 16.9. The maximum absolute atomic E-state index is 12.2. The third-order valence-electron chi connectivity index (χ3n) is 4.56. The Bertz CT molecular complexity index is 911. The van der Waals surface area contributed by atoms with Crippen LogP contribution < -0.4 is 10.1 Å². The van der Waals surface area contributed by atoms with Crippen molar-refractivity contribution in [2.24, 2.45) is 0 Å². The van der Waals surface area contributed by atoms with Gasteiger partial charge < -0.3 is 14.0 Å². The van der Waals surface area contributed by atoms with Crippen LogP contribution in [0.2, 0.25) is 0 Å². The molecule has 3 aromatic rings. The number of nitrogens with one attached hydrogen (secondary N) is 2. The van der Waals surface area contributed by atoms with Gasteiger partial charge in [-0.25, -0.2) is 0 Å². The minimum Gasteiger partial charge on any atom is -0.496 e. The number of anilines is 1. The first-order chi connectivity index (χ1) is 12.7. The quantitative estimate of drug-likeness (QED) is 0.709. The molecule has 8 nitrogen and oxygen atoms in total. The molecule has 1 atom stereocenters. The summed E-state index contributed by atoms with van der Waals surface area (Å²) in [5.74, 6) is 1.65. The van der Waals surface area contributed by atoms with Crippen LogP contribution in [0.15, 0.2) is 30.5 Å². The Balaban J connectivity index is 1.37. The smallest absolute Gasteiger partial charge is 0.248 e. The number of nitrogens with zero attached hydrogens (tertiary/aromatic N) is 3. The number of rotatable bonds is 6. The number of fused-ring (bicyclic) bond motifs is 1. The lowest BCUT2D eigenvalue weighted by Gasteiger charge is -2.07. The molecule has 0 spiro atoms. The van der Waals surface area contributed by atoms with Crippen LogP contribution >= 0.6 is 0 Å². The molecule has 1 aromatic carbocycles. The van der Waals surface area contributed by atoms with Gasteiger partial charge in [0.05, 0.1) is 12.6 Å². The Morgan fingerprint density at radius 2 is 2.38 bits per heavy atom. The number of methoxy groups -OCH3 is 1. The molecule has 0 aliphatic carbocycles. The van der Waals surface area contributed by atoms with Crippen molar-refractivity contribution in [3.63, 3.8) is 0 Å². The van der Waals surface area contributed by atoms with Crippen LogP contribution in [0, 0.1) is 0 Å². The Morgan fingerprint density at radius 3 is 3.19 bits per heavy atom. The molecule has 1 saturated heterocycles. The number of carbonyl (C=O) groups is 1. The van der Waals surface area contributed by atoms with Crippen molar-refractivity contribution in [3.8, 4) is 5.75 Å². The monoisotopic (exact) mass is 355 g/mol.